The third kappa shape index (κ3) is 6.99. The summed E-state index contributed by atoms with van der Waals surface area (Å²) in [4.78, 5) is 22.3. The average Bonchev–Trinajstić information content (AvgIpc) is 2.64. The molecule has 2 aromatic rings. The highest BCUT2D eigenvalue weighted by molar-refractivity contribution is 14.0. The van der Waals surface area contributed by atoms with Crippen LogP contribution in [-0.2, 0) is 13.1 Å². The topological polar surface area (TPSA) is 69.6 Å². The highest BCUT2D eigenvalue weighted by Gasteiger charge is 2.07. The van der Waals surface area contributed by atoms with Gasteiger partial charge in [0, 0.05) is 32.4 Å². The predicted octanol–water partition coefficient (Wildman–Crippen LogP) is 2.66. The van der Waals surface area contributed by atoms with Gasteiger partial charge in [0.25, 0.3) is 5.91 Å². The van der Waals surface area contributed by atoms with Crippen molar-refractivity contribution in [3.8, 4) is 0 Å². The minimum Gasteiger partial charge on any atom is -0.357 e. The van der Waals surface area contributed by atoms with E-state index in [1.165, 1.54) is 0 Å². The highest BCUT2D eigenvalue weighted by atomic mass is 127. The Balaban J connectivity index is 0.00000338. The molecule has 6 nitrogen and oxygen atoms in total. The number of pyridine rings is 1. The summed E-state index contributed by atoms with van der Waals surface area (Å²) in [5.74, 6) is 0.738. The van der Waals surface area contributed by atoms with E-state index in [4.69, 9.17) is 0 Å². The second-order valence-electron chi connectivity index (χ2n) is 5.77. The molecule has 0 atom stereocenters. The second-order valence-corrected chi connectivity index (χ2v) is 5.77. The number of halogens is 1. The van der Waals surface area contributed by atoms with Crippen LogP contribution in [0.1, 0.15) is 28.5 Å². The van der Waals surface area contributed by atoms with Crippen molar-refractivity contribution >= 4 is 35.8 Å². The number of nitrogens with zero attached hydrogens (tertiary/aromatic N) is 3. The Labute approximate surface area is 172 Å². The van der Waals surface area contributed by atoms with Crippen molar-refractivity contribution in [1.29, 1.82) is 0 Å². The van der Waals surface area contributed by atoms with Gasteiger partial charge in [-0.25, -0.2) is 4.99 Å². The summed E-state index contributed by atoms with van der Waals surface area (Å²) in [6, 6.07) is 13.4. The minimum atomic E-state index is 0. The highest BCUT2D eigenvalue weighted by Crippen LogP contribution is 2.07. The first-order chi connectivity index (χ1) is 12.1. The molecular formula is C19H26IN5O. The van der Waals surface area contributed by atoms with Crippen LogP contribution in [0.5, 0.6) is 0 Å². The molecular weight excluding hydrogens is 441 g/mol. The van der Waals surface area contributed by atoms with Gasteiger partial charge in [-0.05, 0) is 36.8 Å². The monoisotopic (exact) mass is 467 g/mol. The maximum atomic E-state index is 11.9. The third-order valence-corrected chi connectivity index (χ3v) is 3.53. The second kappa shape index (κ2) is 11.5. The van der Waals surface area contributed by atoms with E-state index in [1.54, 1.807) is 25.2 Å². The number of benzene rings is 1. The van der Waals surface area contributed by atoms with Crippen LogP contribution in [0.2, 0.25) is 0 Å². The summed E-state index contributed by atoms with van der Waals surface area (Å²) in [7, 11) is 3.49. The van der Waals surface area contributed by atoms with Gasteiger partial charge in [0.1, 0.15) is 0 Å². The van der Waals surface area contributed by atoms with Gasteiger partial charge in [-0.3, -0.25) is 9.78 Å². The summed E-state index contributed by atoms with van der Waals surface area (Å²) >= 11 is 0. The molecule has 0 unspecified atom stereocenters. The van der Waals surface area contributed by atoms with Crippen LogP contribution < -0.4 is 10.6 Å². The van der Waals surface area contributed by atoms with Crippen LogP contribution in [0.4, 0.5) is 0 Å². The standard InChI is InChI=1S/C19H25N5O.HI/c1-4-20-19(23-14-17-7-5-6-12-21-17)22-13-15-8-10-16(11-9-15)18(25)24(2)3;/h5-12H,4,13-14H2,1-3H3,(H2,20,22,23);1H. The molecule has 0 aliphatic rings. The van der Waals surface area contributed by atoms with E-state index >= 15 is 0 Å². The molecule has 0 saturated carbocycles. The smallest absolute Gasteiger partial charge is 0.253 e. The molecule has 0 radical (unpaired) electrons. The number of hydrogen-bond donors (Lipinski definition) is 2. The number of rotatable bonds is 6. The summed E-state index contributed by atoms with van der Waals surface area (Å²) in [6.45, 7) is 3.96. The Morgan fingerprint density at radius 3 is 2.42 bits per heavy atom. The van der Waals surface area contributed by atoms with E-state index in [2.05, 4.69) is 20.6 Å². The molecule has 1 aromatic heterocycles. The SMILES string of the molecule is CCNC(=NCc1ccc(C(=O)N(C)C)cc1)NCc1ccccn1.I. The molecule has 7 heteroatoms. The largest absolute Gasteiger partial charge is 0.357 e. The van der Waals surface area contributed by atoms with Gasteiger partial charge in [0.05, 0.1) is 18.8 Å². The lowest BCUT2D eigenvalue weighted by molar-refractivity contribution is 0.0827. The summed E-state index contributed by atoms with van der Waals surface area (Å²) in [6.07, 6.45) is 1.78. The van der Waals surface area contributed by atoms with Crippen molar-refractivity contribution < 1.29 is 4.79 Å². The van der Waals surface area contributed by atoms with Crippen LogP contribution >= 0.6 is 24.0 Å². The van der Waals surface area contributed by atoms with Gasteiger partial charge in [0.2, 0.25) is 0 Å². The first-order valence-corrected chi connectivity index (χ1v) is 8.33. The van der Waals surface area contributed by atoms with Gasteiger partial charge in [0.15, 0.2) is 5.96 Å². The van der Waals surface area contributed by atoms with Crippen molar-refractivity contribution in [3.05, 3.63) is 65.5 Å². The van der Waals surface area contributed by atoms with E-state index in [1.807, 2.05) is 49.4 Å². The minimum absolute atomic E-state index is 0. The lowest BCUT2D eigenvalue weighted by Crippen LogP contribution is -2.37. The zero-order valence-corrected chi connectivity index (χ0v) is 17.7. The van der Waals surface area contributed by atoms with Crippen LogP contribution in [0.25, 0.3) is 0 Å². The number of carbonyl (C=O) groups excluding carboxylic acids is 1. The van der Waals surface area contributed by atoms with Gasteiger partial charge in [-0.2, -0.15) is 0 Å². The predicted molar refractivity (Wildman–Crippen MR) is 116 cm³/mol. The Kier molecular flexibility index (Phi) is 9.64. The number of hydrogen-bond acceptors (Lipinski definition) is 3. The lowest BCUT2D eigenvalue weighted by Gasteiger charge is -2.12. The maximum Gasteiger partial charge on any atom is 0.253 e. The molecule has 1 amide bonds. The number of aromatic nitrogens is 1. The molecule has 0 bridgehead atoms. The number of carbonyl (C=O) groups is 1. The van der Waals surface area contributed by atoms with E-state index < -0.39 is 0 Å². The van der Waals surface area contributed by atoms with Crippen LogP contribution in [0, 0.1) is 0 Å². The number of amides is 1. The van der Waals surface area contributed by atoms with Crippen molar-refractivity contribution in [3.63, 3.8) is 0 Å². The summed E-state index contributed by atoms with van der Waals surface area (Å²) in [5.41, 5.74) is 2.68. The van der Waals surface area contributed by atoms with Crippen molar-refractivity contribution in [2.24, 2.45) is 4.99 Å². The van der Waals surface area contributed by atoms with E-state index in [-0.39, 0.29) is 29.9 Å². The van der Waals surface area contributed by atoms with Gasteiger partial charge < -0.3 is 15.5 Å². The average molecular weight is 467 g/mol. The lowest BCUT2D eigenvalue weighted by atomic mass is 10.1. The van der Waals surface area contributed by atoms with Gasteiger partial charge in [-0.1, -0.05) is 18.2 Å². The molecule has 0 fully saturated rings. The Morgan fingerprint density at radius 2 is 1.85 bits per heavy atom. The Hall–Kier alpha value is -2.16. The van der Waals surface area contributed by atoms with E-state index in [9.17, 15) is 4.79 Å². The molecule has 2 N–H and O–H groups in total. The zero-order valence-electron chi connectivity index (χ0n) is 15.4. The molecule has 0 saturated heterocycles. The van der Waals surface area contributed by atoms with Crippen molar-refractivity contribution in [1.82, 2.24) is 20.5 Å². The maximum absolute atomic E-state index is 11.9. The molecule has 140 valence electrons. The third-order valence-electron chi connectivity index (χ3n) is 3.53. The zero-order chi connectivity index (χ0) is 18.1. The quantitative estimate of drug-likeness (QED) is 0.390. The number of guanidine groups is 1. The first-order valence-electron chi connectivity index (χ1n) is 8.33. The first kappa shape index (κ1) is 21.9. The van der Waals surface area contributed by atoms with Crippen LogP contribution in [-0.4, -0.2) is 42.4 Å². The molecule has 0 aliphatic heterocycles. The van der Waals surface area contributed by atoms with Crippen molar-refractivity contribution in [2.45, 2.75) is 20.0 Å². The fourth-order valence-corrected chi connectivity index (χ4v) is 2.20. The molecule has 26 heavy (non-hydrogen) atoms. The summed E-state index contributed by atoms with van der Waals surface area (Å²) < 4.78 is 0. The number of nitrogens with one attached hydrogen (secondary N) is 2. The molecule has 0 aliphatic carbocycles. The molecule has 2 rings (SSSR count). The van der Waals surface area contributed by atoms with Crippen LogP contribution in [0.15, 0.2) is 53.7 Å². The molecule has 1 heterocycles. The molecule has 1 aromatic carbocycles. The van der Waals surface area contributed by atoms with Gasteiger partial charge >= 0.3 is 0 Å². The fraction of sp³-hybridized carbons (Fsp3) is 0.316. The Morgan fingerprint density at radius 1 is 1.12 bits per heavy atom. The normalized spacial score (nSPS) is 10.7. The Bertz CT molecular complexity index is 702. The van der Waals surface area contributed by atoms with E-state index in [0.29, 0.717) is 18.7 Å². The number of aliphatic imine (C=N–C) groups is 1. The fourth-order valence-electron chi connectivity index (χ4n) is 2.20. The van der Waals surface area contributed by atoms with E-state index in [0.717, 1.165) is 23.8 Å². The van der Waals surface area contributed by atoms with Crippen LogP contribution in [0.3, 0.4) is 0 Å². The van der Waals surface area contributed by atoms with Gasteiger partial charge in [-0.15, -0.1) is 24.0 Å². The molecule has 0 spiro atoms. The van der Waals surface area contributed by atoms with Crippen molar-refractivity contribution in [2.75, 3.05) is 20.6 Å². The summed E-state index contributed by atoms with van der Waals surface area (Å²) in [5, 5.41) is 6.49.